The van der Waals surface area contributed by atoms with E-state index in [0.29, 0.717) is 17.0 Å². The average molecular weight is 373 g/mol. The van der Waals surface area contributed by atoms with Crippen LogP contribution in [0, 0.1) is 22.6 Å². The van der Waals surface area contributed by atoms with Gasteiger partial charge in [0.1, 0.15) is 5.75 Å². The van der Waals surface area contributed by atoms with Crippen molar-refractivity contribution in [1.29, 1.82) is 10.7 Å². The molecule has 0 atom stereocenters. The van der Waals surface area contributed by atoms with Crippen LogP contribution in [-0.4, -0.2) is 32.3 Å². The number of nitrogens with one attached hydrogen (secondary N) is 1. The molecule has 0 fully saturated rings. The Labute approximate surface area is 154 Å². The quantitative estimate of drug-likeness (QED) is 0.494. The van der Waals surface area contributed by atoms with Crippen LogP contribution in [-0.2, 0) is 4.74 Å². The van der Waals surface area contributed by atoms with E-state index in [1.165, 1.54) is 33.5 Å². The molecule has 6 nitrogen and oxygen atoms in total. The molecular formula is C18H16FN3O3S. The molecule has 26 heavy (non-hydrogen) atoms. The number of thioether (sulfide) groups is 1. The van der Waals surface area contributed by atoms with E-state index >= 15 is 0 Å². The van der Waals surface area contributed by atoms with Gasteiger partial charge in [-0.15, -0.1) is 0 Å². The monoisotopic (exact) mass is 373 g/mol. The first-order valence-corrected chi connectivity index (χ1v) is 8.15. The lowest BCUT2D eigenvalue weighted by Crippen LogP contribution is -2.11. The minimum absolute atomic E-state index is 0.0218. The number of aliphatic imine (C=N–C) groups is 1. The van der Waals surface area contributed by atoms with Crippen molar-refractivity contribution in [3.63, 3.8) is 0 Å². The van der Waals surface area contributed by atoms with Gasteiger partial charge in [-0.25, -0.2) is 9.38 Å². The Hall–Kier alpha value is -3.05. The molecule has 134 valence electrons. The molecule has 0 amide bonds. The standard InChI is InChI=1S/C18H16FN3O3S/c1-23-13-8-14(24-2)16(19)15(9-13)26-18(17(21)25-3)22-12-6-4-11(10-20)5-7-12/h4-9,21H,1-3H3/b21-17?,22-18-. The van der Waals surface area contributed by atoms with E-state index in [1.807, 2.05) is 6.07 Å². The molecule has 0 unspecified atom stereocenters. The van der Waals surface area contributed by atoms with Gasteiger partial charge in [0.15, 0.2) is 16.6 Å². The minimum atomic E-state index is -0.588. The third-order valence-corrected chi connectivity index (χ3v) is 4.25. The number of benzene rings is 2. The van der Waals surface area contributed by atoms with E-state index in [2.05, 4.69) is 4.99 Å². The van der Waals surface area contributed by atoms with Gasteiger partial charge < -0.3 is 14.2 Å². The first-order chi connectivity index (χ1) is 12.5. The van der Waals surface area contributed by atoms with Gasteiger partial charge in [-0.2, -0.15) is 5.26 Å². The normalized spacial score (nSPS) is 10.8. The maximum absolute atomic E-state index is 14.6. The van der Waals surface area contributed by atoms with Crippen molar-refractivity contribution in [1.82, 2.24) is 0 Å². The third-order valence-electron chi connectivity index (χ3n) is 3.27. The highest BCUT2D eigenvalue weighted by Crippen LogP contribution is 2.35. The lowest BCUT2D eigenvalue weighted by atomic mass is 10.2. The number of rotatable bonds is 4. The van der Waals surface area contributed by atoms with Crippen LogP contribution in [0.5, 0.6) is 11.5 Å². The van der Waals surface area contributed by atoms with Crippen LogP contribution in [0.25, 0.3) is 0 Å². The van der Waals surface area contributed by atoms with E-state index in [1.54, 1.807) is 24.3 Å². The average Bonchev–Trinajstić information content (AvgIpc) is 2.68. The molecule has 2 aromatic rings. The topological polar surface area (TPSA) is 87.7 Å². The van der Waals surface area contributed by atoms with Gasteiger partial charge in [-0.1, -0.05) is 11.8 Å². The van der Waals surface area contributed by atoms with Crippen LogP contribution in [0.2, 0.25) is 0 Å². The van der Waals surface area contributed by atoms with Gasteiger partial charge in [-0.3, -0.25) is 5.41 Å². The van der Waals surface area contributed by atoms with Crippen LogP contribution in [0.3, 0.4) is 0 Å². The zero-order chi connectivity index (χ0) is 19.1. The van der Waals surface area contributed by atoms with Gasteiger partial charge in [0.05, 0.1) is 43.5 Å². The van der Waals surface area contributed by atoms with Crippen molar-refractivity contribution in [2.24, 2.45) is 4.99 Å². The zero-order valence-corrected chi connectivity index (χ0v) is 15.2. The summed E-state index contributed by atoms with van der Waals surface area (Å²) in [6.07, 6.45) is 0. The fourth-order valence-corrected chi connectivity index (χ4v) is 2.83. The predicted octanol–water partition coefficient (Wildman–Crippen LogP) is 4.16. The molecule has 0 aromatic heterocycles. The molecule has 0 aliphatic rings. The second kappa shape index (κ2) is 8.87. The number of methoxy groups -OCH3 is 3. The van der Waals surface area contributed by atoms with Crippen LogP contribution in [0.15, 0.2) is 46.3 Å². The van der Waals surface area contributed by atoms with Gasteiger partial charge in [0.2, 0.25) is 5.90 Å². The first kappa shape index (κ1) is 19.3. The molecule has 0 radical (unpaired) electrons. The van der Waals surface area contributed by atoms with E-state index in [9.17, 15) is 4.39 Å². The molecule has 0 bridgehead atoms. The van der Waals surface area contributed by atoms with Crippen molar-refractivity contribution < 1.29 is 18.6 Å². The summed E-state index contributed by atoms with van der Waals surface area (Å²) in [4.78, 5) is 4.50. The van der Waals surface area contributed by atoms with Gasteiger partial charge in [0.25, 0.3) is 0 Å². The summed E-state index contributed by atoms with van der Waals surface area (Å²) in [5, 5.41) is 16.9. The van der Waals surface area contributed by atoms with E-state index in [4.69, 9.17) is 24.9 Å². The van der Waals surface area contributed by atoms with Crippen LogP contribution >= 0.6 is 11.8 Å². The summed E-state index contributed by atoms with van der Waals surface area (Å²) in [5.41, 5.74) is 0.993. The molecule has 2 aromatic carbocycles. The smallest absolute Gasteiger partial charge is 0.239 e. The number of halogens is 1. The molecule has 0 aliphatic carbocycles. The molecule has 0 aliphatic heterocycles. The highest BCUT2D eigenvalue weighted by atomic mass is 32.2. The number of hydrogen-bond acceptors (Lipinski definition) is 7. The number of hydrogen-bond donors (Lipinski definition) is 1. The zero-order valence-electron chi connectivity index (χ0n) is 14.4. The second-order valence-corrected chi connectivity index (χ2v) is 5.88. The summed E-state index contributed by atoms with van der Waals surface area (Å²) < 4.78 is 29.7. The Bertz CT molecular complexity index is 876. The predicted molar refractivity (Wildman–Crippen MR) is 98.3 cm³/mol. The Balaban J connectivity index is 2.44. The van der Waals surface area contributed by atoms with Crippen LogP contribution in [0.4, 0.5) is 10.1 Å². The van der Waals surface area contributed by atoms with Gasteiger partial charge >= 0.3 is 0 Å². The molecular weight excluding hydrogens is 357 g/mol. The lowest BCUT2D eigenvalue weighted by Gasteiger charge is -2.11. The second-order valence-electron chi connectivity index (χ2n) is 4.85. The SMILES string of the molecule is COC(=N)/C(=N/c1ccc(C#N)cc1)Sc1cc(OC)cc(OC)c1F. The van der Waals surface area contributed by atoms with E-state index in [-0.39, 0.29) is 21.6 Å². The molecule has 0 heterocycles. The van der Waals surface area contributed by atoms with E-state index < -0.39 is 5.82 Å². The van der Waals surface area contributed by atoms with Crippen molar-refractivity contribution in [2.75, 3.05) is 21.3 Å². The molecule has 1 N–H and O–H groups in total. The summed E-state index contributed by atoms with van der Waals surface area (Å²) in [5.74, 6) is -0.379. The maximum Gasteiger partial charge on any atom is 0.239 e. The molecule has 8 heteroatoms. The highest BCUT2D eigenvalue weighted by Gasteiger charge is 2.18. The highest BCUT2D eigenvalue weighted by molar-refractivity contribution is 8.15. The summed E-state index contributed by atoms with van der Waals surface area (Å²) >= 11 is 0.912. The van der Waals surface area contributed by atoms with Crippen molar-refractivity contribution in [2.45, 2.75) is 4.90 Å². The minimum Gasteiger partial charge on any atom is -0.497 e. The fraction of sp³-hybridized carbons (Fsp3) is 0.167. The Morgan fingerprint density at radius 1 is 1.15 bits per heavy atom. The Kier molecular flexibility index (Phi) is 6.58. The largest absolute Gasteiger partial charge is 0.497 e. The lowest BCUT2D eigenvalue weighted by molar-refractivity contribution is 0.368. The molecule has 0 spiro atoms. The van der Waals surface area contributed by atoms with Crippen molar-refractivity contribution in [3.8, 4) is 17.6 Å². The van der Waals surface area contributed by atoms with Gasteiger partial charge in [-0.05, 0) is 30.3 Å². The summed E-state index contributed by atoms with van der Waals surface area (Å²) in [6.45, 7) is 0. The molecule has 0 saturated carbocycles. The van der Waals surface area contributed by atoms with Crippen LogP contribution in [0.1, 0.15) is 5.56 Å². The maximum atomic E-state index is 14.6. The third kappa shape index (κ3) is 4.52. The first-order valence-electron chi connectivity index (χ1n) is 7.33. The fourth-order valence-electron chi connectivity index (χ4n) is 1.93. The van der Waals surface area contributed by atoms with E-state index in [0.717, 1.165) is 11.8 Å². The van der Waals surface area contributed by atoms with Gasteiger partial charge in [0, 0.05) is 6.07 Å². The van der Waals surface area contributed by atoms with Crippen molar-refractivity contribution >= 4 is 28.4 Å². The summed E-state index contributed by atoms with van der Waals surface area (Å²) in [6, 6.07) is 11.4. The number of nitriles is 1. The Morgan fingerprint density at radius 3 is 2.38 bits per heavy atom. The number of nitrogens with zero attached hydrogens (tertiary/aromatic N) is 2. The molecule has 0 saturated heterocycles. The number of ether oxygens (including phenoxy) is 3. The van der Waals surface area contributed by atoms with Crippen molar-refractivity contribution in [3.05, 3.63) is 47.8 Å². The summed E-state index contributed by atoms with van der Waals surface area (Å²) in [7, 11) is 4.15. The Morgan fingerprint density at radius 2 is 1.85 bits per heavy atom. The molecule has 2 rings (SSSR count). The van der Waals surface area contributed by atoms with Crippen LogP contribution < -0.4 is 9.47 Å².